The summed E-state index contributed by atoms with van der Waals surface area (Å²) in [5.74, 6) is 0.00334. The number of nitrogens with zero attached hydrogens (tertiary/aromatic N) is 2. The molecule has 0 saturated carbocycles. The zero-order valence-electron chi connectivity index (χ0n) is 12.0. The molecule has 112 valence electrons. The lowest BCUT2D eigenvalue weighted by Gasteiger charge is -2.20. The number of aliphatic carboxylic acids is 1. The Balaban J connectivity index is 2.40. The normalized spacial score (nSPS) is 21.9. The highest BCUT2D eigenvalue weighted by Crippen LogP contribution is 2.32. The quantitative estimate of drug-likeness (QED) is 0.523. The summed E-state index contributed by atoms with van der Waals surface area (Å²) in [6.07, 6.45) is 2.42. The van der Waals surface area contributed by atoms with Crippen molar-refractivity contribution in [1.29, 1.82) is 0 Å². The fourth-order valence-electron chi connectivity index (χ4n) is 2.56. The van der Waals surface area contributed by atoms with Crippen LogP contribution in [0, 0.1) is 22.0 Å². The summed E-state index contributed by atoms with van der Waals surface area (Å²) in [7, 11) is 0. The van der Waals surface area contributed by atoms with Crippen molar-refractivity contribution >= 4 is 23.4 Å². The molecule has 2 rings (SSSR count). The number of hydrogen-bond donors (Lipinski definition) is 1. The van der Waals surface area contributed by atoms with Crippen molar-refractivity contribution in [2.45, 2.75) is 13.8 Å². The molecule has 1 heterocycles. The number of nitro benzene ring substituents is 1. The van der Waals surface area contributed by atoms with Crippen molar-refractivity contribution < 1.29 is 14.8 Å². The summed E-state index contributed by atoms with van der Waals surface area (Å²) in [5, 5.41) is 19.6. The standard InChI is InChI=1S/C15H18N2O4/c1-10-8-16(9-11(10)2)14-5-4-13(17(20)21)7-12(14)3-6-15(18)19/h3-7,10-11H,8-9H2,1-2H3,(H,18,19). The molecule has 2 unspecified atom stereocenters. The van der Waals surface area contributed by atoms with Crippen molar-refractivity contribution in [2.75, 3.05) is 18.0 Å². The van der Waals surface area contributed by atoms with Crippen LogP contribution in [-0.4, -0.2) is 29.1 Å². The number of carbonyl (C=O) groups is 1. The maximum atomic E-state index is 10.9. The van der Waals surface area contributed by atoms with Gasteiger partial charge in [-0.3, -0.25) is 10.1 Å². The number of rotatable bonds is 4. The maximum Gasteiger partial charge on any atom is 0.328 e. The summed E-state index contributed by atoms with van der Waals surface area (Å²) in [5.41, 5.74) is 1.37. The van der Waals surface area contributed by atoms with Crippen LogP contribution in [0.3, 0.4) is 0 Å². The molecule has 6 nitrogen and oxygen atoms in total. The van der Waals surface area contributed by atoms with Crippen LogP contribution in [0.25, 0.3) is 6.08 Å². The maximum absolute atomic E-state index is 10.9. The molecule has 0 aliphatic carbocycles. The third kappa shape index (κ3) is 3.39. The Labute approximate surface area is 122 Å². The Bertz CT molecular complexity index is 587. The fourth-order valence-corrected chi connectivity index (χ4v) is 2.56. The van der Waals surface area contributed by atoms with Crippen LogP contribution < -0.4 is 4.90 Å². The van der Waals surface area contributed by atoms with Gasteiger partial charge >= 0.3 is 5.97 Å². The highest BCUT2D eigenvalue weighted by Gasteiger charge is 2.27. The van der Waals surface area contributed by atoms with Gasteiger partial charge in [0.25, 0.3) is 5.69 Å². The van der Waals surface area contributed by atoms with Crippen LogP contribution in [0.2, 0.25) is 0 Å². The van der Waals surface area contributed by atoms with Gasteiger partial charge in [-0.2, -0.15) is 0 Å². The van der Waals surface area contributed by atoms with E-state index in [1.807, 2.05) is 0 Å². The molecule has 0 aromatic heterocycles. The Morgan fingerprint density at radius 1 is 1.38 bits per heavy atom. The first-order valence-corrected chi connectivity index (χ1v) is 6.83. The minimum absolute atomic E-state index is 0.0379. The molecule has 0 radical (unpaired) electrons. The molecule has 1 fully saturated rings. The van der Waals surface area contributed by atoms with E-state index in [-0.39, 0.29) is 5.69 Å². The lowest BCUT2D eigenvalue weighted by Crippen LogP contribution is -2.20. The second kappa shape index (κ2) is 5.95. The van der Waals surface area contributed by atoms with Crippen molar-refractivity contribution in [3.63, 3.8) is 0 Å². The smallest absolute Gasteiger partial charge is 0.328 e. The van der Waals surface area contributed by atoms with Gasteiger partial charge in [-0.1, -0.05) is 13.8 Å². The molecular weight excluding hydrogens is 272 g/mol. The highest BCUT2D eigenvalue weighted by atomic mass is 16.6. The van der Waals surface area contributed by atoms with Gasteiger partial charge in [0.15, 0.2) is 0 Å². The van der Waals surface area contributed by atoms with Crippen molar-refractivity contribution in [3.8, 4) is 0 Å². The Hall–Kier alpha value is -2.37. The van der Waals surface area contributed by atoms with Gasteiger partial charge in [0, 0.05) is 42.5 Å². The van der Waals surface area contributed by atoms with Crippen LogP contribution in [0.5, 0.6) is 0 Å². The summed E-state index contributed by atoms with van der Waals surface area (Å²) >= 11 is 0. The summed E-state index contributed by atoms with van der Waals surface area (Å²) in [6, 6.07) is 4.58. The van der Waals surface area contributed by atoms with E-state index in [2.05, 4.69) is 18.7 Å². The molecule has 1 N–H and O–H groups in total. The average Bonchev–Trinajstić information content (AvgIpc) is 2.75. The highest BCUT2D eigenvalue weighted by molar-refractivity contribution is 5.87. The molecule has 2 atom stereocenters. The van der Waals surface area contributed by atoms with Crippen LogP contribution in [0.1, 0.15) is 19.4 Å². The third-order valence-corrected chi connectivity index (χ3v) is 3.96. The van der Waals surface area contributed by atoms with Crippen LogP contribution in [0.15, 0.2) is 24.3 Å². The van der Waals surface area contributed by atoms with E-state index in [0.29, 0.717) is 17.4 Å². The zero-order valence-corrected chi connectivity index (χ0v) is 12.0. The molecule has 0 bridgehead atoms. The first-order valence-electron chi connectivity index (χ1n) is 6.83. The van der Waals surface area contributed by atoms with Gasteiger partial charge in [0.2, 0.25) is 0 Å². The fraction of sp³-hybridized carbons (Fsp3) is 0.400. The molecule has 1 aliphatic rings. The van der Waals surface area contributed by atoms with Gasteiger partial charge in [-0.15, -0.1) is 0 Å². The minimum atomic E-state index is -1.07. The summed E-state index contributed by atoms with van der Waals surface area (Å²) < 4.78 is 0. The molecule has 21 heavy (non-hydrogen) atoms. The van der Waals surface area contributed by atoms with E-state index in [0.717, 1.165) is 24.9 Å². The second-order valence-corrected chi connectivity index (χ2v) is 5.53. The van der Waals surface area contributed by atoms with Crippen LogP contribution >= 0.6 is 0 Å². The molecule has 6 heteroatoms. The topological polar surface area (TPSA) is 83.7 Å². The van der Waals surface area contributed by atoms with Crippen molar-refractivity contribution in [3.05, 3.63) is 40.0 Å². The zero-order chi connectivity index (χ0) is 15.6. The molecule has 1 aliphatic heterocycles. The summed E-state index contributed by atoms with van der Waals surface area (Å²) in [4.78, 5) is 23.3. The van der Waals surface area contributed by atoms with Gasteiger partial charge in [0.05, 0.1) is 4.92 Å². The van der Waals surface area contributed by atoms with E-state index in [1.165, 1.54) is 18.2 Å². The molecule has 1 saturated heterocycles. The largest absolute Gasteiger partial charge is 0.478 e. The molecule has 1 aromatic rings. The number of benzene rings is 1. The number of hydrogen-bond acceptors (Lipinski definition) is 4. The number of carboxylic acids is 1. The van der Waals surface area contributed by atoms with E-state index in [4.69, 9.17) is 5.11 Å². The number of nitro groups is 1. The van der Waals surface area contributed by atoms with Gasteiger partial charge in [0.1, 0.15) is 0 Å². The number of carboxylic acid groups (broad SMARTS) is 1. The third-order valence-electron chi connectivity index (χ3n) is 3.96. The van der Waals surface area contributed by atoms with E-state index in [9.17, 15) is 14.9 Å². The van der Waals surface area contributed by atoms with Gasteiger partial charge < -0.3 is 10.0 Å². The second-order valence-electron chi connectivity index (χ2n) is 5.53. The van der Waals surface area contributed by atoms with Gasteiger partial charge in [-0.05, 0) is 24.0 Å². The van der Waals surface area contributed by atoms with Crippen LogP contribution in [-0.2, 0) is 4.79 Å². The first-order chi connectivity index (χ1) is 9.88. The lowest BCUT2D eigenvalue weighted by atomic mass is 10.0. The van der Waals surface area contributed by atoms with E-state index in [1.54, 1.807) is 6.07 Å². The average molecular weight is 290 g/mol. The first kappa shape index (κ1) is 15.0. The van der Waals surface area contributed by atoms with Crippen molar-refractivity contribution in [2.24, 2.45) is 11.8 Å². The Morgan fingerprint density at radius 3 is 2.52 bits per heavy atom. The Morgan fingerprint density at radius 2 is 2.00 bits per heavy atom. The Kier molecular flexibility index (Phi) is 4.26. The van der Waals surface area contributed by atoms with Gasteiger partial charge in [-0.25, -0.2) is 4.79 Å². The van der Waals surface area contributed by atoms with E-state index >= 15 is 0 Å². The molecule has 0 spiro atoms. The van der Waals surface area contributed by atoms with Crippen molar-refractivity contribution in [1.82, 2.24) is 0 Å². The molecule has 1 aromatic carbocycles. The lowest BCUT2D eigenvalue weighted by molar-refractivity contribution is -0.384. The monoisotopic (exact) mass is 290 g/mol. The number of anilines is 1. The SMILES string of the molecule is CC1CN(c2ccc([N+](=O)[O-])cc2C=CC(=O)O)CC1C. The predicted molar refractivity (Wildman–Crippen MR) is 80.3 cm³/mol. The number of non-ortho nitro benzene ring substituents is 1. The summed E-state index contributed by atoms with van der Waals surface area (Å²) in [6.45, 7) is 6.07. The molecule has 0 amide bonds. The van der Waals surface area contributed by atoms with Crippen LogP contribution in [0.4, 0.5) is 11.4 Å². The minimum Gasteiger partial charge on any atom is -0.478 e. The predicted octanol–water partition coefficient (Wildman–Crippen LogP) is 2.78. The van der Waals surface area contributed by atoms with E-state index < -0.39 is 10.9 Å². The molecular formula is C15H18N2O4.